The monoisotopic (exact) mass is 529 g/mol. The van der Waals surface area contributed by atoms with Gasteiger partial charge in [0.15, 0.2) is 0 Å². The van der Waals surface area contributed by atoms with Gasteiger partial charge in [0.05, 0.1) is 11.1 Å². The topological polar surface area (TPSA) is 63.1 Å². The molecular formula is C23H24ClF4N5OS. The summed E-state index contributed by atoms with van der Waals surface area (Å²) in [5.74, 6) is -0.611. The van der Waals surface area contributed by atoms with Gasteiger partial charge in [-0.1, -0.05) is 10.7 Å². The zero-order valence-corrected chi connectivity index (χ0v) is 20.6. The molecule has 6 nitrogen and oxygen atoms in total. The van der Waals surface area contributed by atoms with Crippen molar-refractivity contribution in [2.45, 2.75) is 49.5 Å². The summed E-state index contributed by atoms with van der Waals surface area (Å²) in [6, 6.07) is 3.42. The predicted octanol–water partition coefficient (Wildman–Crippen LogP) is 4.45. The van der Waals surface area contributed by atoms with E-state index >= 15 is 0 Å². The lowest BCUT2D eigenvalue weighted by Gasteiger charge is -2.37. The predicted molar refractivity (Wildman–Crippen MR) is 130 cm³/mol. The van der Waals surface area contributed by atoms with Crippen molar-refractivity contribution >= 4 is 37.5 Å². The van der Waals surface area contributed by atoms with Crippen molar-refractivity contribution in [3.63, 3.8) is 0 Å². The highest BCUT2D eigenvalue weighted by Crippen LogP contribution is 2.52. The van der Waals surface area contributed by atoms with Crippen molar-refractivity contribution in [1.82, 2.24) is 19.9 Å². The molecule has 2 aliphatic rings. The van der Waals surface area contributed by atoms with Crippen molar-refractivity contribution in [3.8, 4) is 0 Å². The maximum absolute atomic E-state index is 14.6. The summed E-state index contributed by atoms with van der Waals surface area (Å²) in [5, 5.41) is 3.61. The Morgan fingerprint density at radius 1 is 1.17 bits per heavy atom. The Balaban J connectivity index is 1.76. The van der Waals surface area contributed by atoms with Crippen LogP contribution >= 0.6 is 20.8 Å². The summed E-state index contributed by atoms with van der Waals surface area (Å²) >= 11 is 0. The fourth-order valence-corrected chi connectivity index (χ4v) is 7.63. The Bertz CT molecular complexity index is 1340. The van der Waals surface area contributed by atoms with E-state index in [1.807, 2.05) is 18.7 Å². The lowest BCUT2D eigenvalue weighted by atomic mass is 10.0. The number of rotatable bonds is 2. The Hall–Kier alpha value is -2.37. The molecule has 2 aromatic heterocycles. The van der Waals surface area contributed by atoms with Crippen LogP contribution in [-0.4, -0.2) is 45.5 Å². The van der Waals surface area contributed by atoms with Crippen LogP contribution in [0.25, 0.3) is 10.9 Å². The number of nitrogens with zero attached hydrogens (tertiary/aromatic N) is 4. The standard InChI is InChI=1S/C23H24ClF4N5OS/c1-12-8-32(9-13(2)30-12)21-16-5-15(23(26,27)28)6-19-20(16)33(22(34)31-21)10-14(11-35(19)24)17-7-29-4-3-18(17)25/h3-7,12-14,30,35H,8-11H2,1-2H3/t12-,13+,14?. The average Bonchev–Trinajstić information content (AvgIpc) is 2.92. The molecule has 0 spiro atoms. The average molecular weight is 530 g/mol. The Morgan fingerprint density at radius 3 is 2.54 bits per heavy atom. The molecule has 2 unspecified atom stereocenters. The Morgan fingerprint density at radius 2 is 1.89 bits per heavy atom. The highest BCUT2D eigenvalue weighted by Gasteiger charge is 2.36. The number of halogens is 5. The quantitative estimate of drug-likeness (QED) is 0.379. The molecule has 4 atom stereocenters. The number of aromatic nitrogens is 3. The van der Waals surface area contributed by atoms with Crippen LogP contribution < -0.4 is 15.9 Å². The largest absolute Gasteiger partial charge is 0.416 e. The first-order valence-electron chi connectivity index (χ1n) is 11.2. The molecule has 0 aliphatic carbocycles. The van der Waals surface area contributed by atoms with Gasteiger partial charge < -0.3 is 10.2 Å². The van der Waals surface area contributed by atoms with Gasteiger partial charge in [-0.3, -0.25) is 9.55 Å². The number of hydrogen-bond donors (Lipinski definition) is 2. The molecule has 0 amide bonds. The Labute approximate surface area is 206 Å². The van der Waals surface area contributed by atoms with Crippen molar-refractivity contribution in [3.05, 3.63) is 58.0 Å². The minimum atomic E-state index is -4.61. The van der Waals surface area contributed by atoms with Crippen LogP contribution in [0.5, 0.6) is 0 Å². The van der Waals surface area contributed by atoms with Crippen LogP contribution in [0.2, 0.25) is 0 Å². The molecule has 3 aromatic rings. The third kappa shape index (κ3) is 4.49. The summed E-state index contributed by atoms with van der Waals surface area (Å²) in [4.78, 5) is 23.7. The van der Waals surface area contributed by atoms with Gasteiger partial charge in [-0.25, -0.2) is 9.18 Å². The van der Waals surface area contributed by atoms with Crippen molar-refractivity contribution in [2.75, 3.05) is 23.7 Å². The van der Waals surface area contributed by atoms with E-state index in [9.17, 15) is 22.4 Å². The van der Waals surface area contributed by atoms with Gasteiger partial charge >= 0.3 is 11.9 Å². The van der Waals surface area contributed by atoms with Gasteiger partial charge in [0.25, 0.3) is 0 Å². The van der Waals surface area contributed by atoms with E-state index in [0.717, 1.165) is 12.1 Å². The van der Waals surface area contributed by atoms with E-state index in [1.54, 1.807) is 0 Å². The van der Waals surface area contributed by atoms with Crippen LogP contribution in [0.3, 0.4) is 0 Å². The molecule has 1 aromatic carbocycles. The molecule has 188 valence electrons. The normalized spacial score (nSPS) is 26.1. The summed E-state index contributed by atoms with van der Waals surface area (Å²) < 4.78 is 57.8. The van der Waals surface area contributed by atoms with E-state index in [1.165, 1.54) is 23.0 Å². The number of hydrogen-bond acceptors (Lipinski definition) is 5. The van der Waals surface area contributed by atoms with Crippen LogP contribution in [0.15, 0.2) is 40.3 Å². The van der Waals surface area contributed by atoms with E-state index in [-0.39, 0.29) is 46.0 Å². The molecule has 0 saturated carbocycles. The van der Waals surface area contributed by atoms with E-state index < -0.39 is 39.3 Å². The summed E-state index contributed by atoms with van der Waals surface area (Å²) in [6.07, 6.45) is -1.91. The summed E-state index contributed by atoms with van der Waals surface area (Å²) in [6.45, 7) is 4.96. The molecule has 1 N–H and O–H groups in total. The SMILES string of the molecule is C[C@@H]1CN(c2nc(=O)n3c4c(cc(C(F)(F)F)cc24)[SH](Cl)CC(c2cnccc2F)C3)C[C@H](C)N1. The van der Waals surface area contributed by atoms with Gasteiger partial charge in [0.1, 0.15) is 11.6 Å². The fraction of sp³-hybridized carbons (Fsp3) is 0.435. The van der Waals surface area contributed by atoms with E-state index in [2.05, 4.69) is 15.3 Å². The molecule has 1 fully saturated rings. The highest BCUT2D eigenvalue weighted by atomic mass is 35.7. The number of piperazine rings is 1. The first-order chi connectivity index (χ1) is 16.5. The molecule has 2 aliphatic heterocycles. The molecule has 0 bridgehead atoms. The maximum Gasteiger partial charge on any atom is 0.416 e. The molecule has 35 heavy (non-hydrogen) atoms. The minimum Gasteiger partial charge on any atom is -0.353 e. The molecule has 5 rings (SSSR count). The van der Waals surface area contributed by atoms with E-state index in [4.69, 9.17) is 10.7 Å². The molecule has 1 saturated heterocycles. The maximum atomic E-state index is 14.6. The number of pyridine rings is 1. The third-order valence-electron chi connectivity index (χ3n) is 6.50. The molecule has 12 heteroatoms. The first-order valence-corrected chi connectivity index (χ1v) is 13.7. The second-order valence-corrected chi connectivity index (χ2v) is 12.0. The minimum absolute atomic E-state index is 0.0451. The van der Waals surface area contributed by atoms with Gasteiger partial charge in [0, 0.05) is 71.6 Å². The van der Waals surface area contributed by atoms with Gasteiger partial charge in [-0.05, 0) is 32.0 Å². The second-order valence-electron chi connectivity index (χ2n) is 9.23. The van der Waals surface area contributed by atoms with Crippen molar-refractivity contribution in [2.24, 2.45) is 0 Å². The van der Waals surface area contributed by atoms with Gasteiger partial charge in [-0.15, -0.1) is 10.1 Å². The number of alkyl halides is 3. The van der Waals surface area contributed by atoms with Gasteiger partial charge in [-0.2, -0.15) is 18.2 Å². The molecule has 4 heterocycles. The van der Waals surface area contributed by atoms with Crippen molar-refractivity contribution in [1.29, 1.82) is 0 Å². The smallest absolute Gasteiger partial charge is 0.353 e. The number of benzene rings is 1. The van der Waals surface area contributed by atoms with E-state index in [0.29, 0.717) is 18.6 Å². The number of thiol groups is 1. The Kier molecular flexibility index (Phi) is 6.21. The van der Waals surface area contributed by atoms with Crippen LogP contribution in [0.1, 0.15) is 30.9 Å². The zero-order chi connectivity index (χ0) is 25.1. The number of nitrogens with one attached hydrogen (secondary N) is 1. The number of anilines is 1. The van der Waals surface area contributed by atoms with Gasteiger partial charge in [0.2, 0.25) is 0 Å². The summed E-state index contributed by atoms with van der Waals surface area (Å²) in [5.41, 5.74) is -0.814. The van der Waals surface area contributed by atoms with Crippen LogP contribution in [0.4, 0.5) is 23.4 Å². The second kappa shape index (κ2) is 8.94. The first kappa shape index (κ1) is 24.3. The lowest BCUT2D eigenvalue weighted by molar-refractivity contribution is -0.137. The third-order valence-corrected chi connectivity index (χ3v) is 9.08. The van der Waals surface area contributed by atoms with Crippen molar-refractivity contribution < 1.29 is 17.6 Å². The zero-order valence-electron chi connectivity index (χ0n) is 19.0. The lowest BCUT2D eigenvalue weighted by Crippen LogP contribution is -2.55. The van der Waals surface area contributed by atoms with Crippen LogP contribution in [-0.2, 0) is 12.7 Å². The molecule has 0 radical (unpaired) electrons. The van der Waals surface area contributed by atoms with Crippen LogP contribution in [0, 0.1) is 5.82 Å². The molecular weight excluding hydrogens is 506 g/mol. The summed E-state index contributed by atoms with van der Waals surface area (Å²) in [7, 11) is 5.11. The highest BCUT2D eigenvalue weighted by molar-refractivity contribution is 8.36. The fourth-order valence-electron chi connectivity index (χ4n) is 5.10.